The highest BCUT2D eigenvalue weighted by molar-refractivity contribution is 5.89. The van der Waals surface area contributed by atoms with Crippen molar-refractivity contribution in [3.8, 4) is 0 Å². The van der Waals surface area contributed by atoms with E-state index in [0.29, 0.717) is 21.9 Å². The fourth-order valence-electron chi connectivity index (χ4n) is 1.75. The molecular formula is C15H12O4. The summed E-state index contributed by atoms with van der Waals surface area (Å²) in [6.07, 6.45) is 0. The Morgan fingerprint density at radius 1 is 0.947 bits per heavy atom. The van der Waals surface area contributed by atoms with E-state index in [4.69, 9.17) is 14.3 Å². The van der Waals surface area contributed by atoms with Crippen molar-refractivity contribution in [2.45, 2.75) is 6.92 Å². The predicted molar refractivity (Wildman–Crippen MR) is 73.3 cm³/mol. The summed E-state index contributed by atoms with van der Waals surface area (Å²) < 4.78 is 5.63. The van der Waals surface area contributed by atoms with Gasteiger partial charge in [-0.1, -0.05) is 24.3 Å². The van der Waals surface area contributed by atoms with E-state index in [0.717, 1.165) is 6.92 Å². The van der Waals surface area contributed by atoms with Crippen LogP contribution in [0.4, 0.5) is 0 Å². The molecule has 0 unspecified atom stereocenters. The summed E-state index contributed by atoms with van der Waals surface area (Å²) in [4.78, 5) is 21.0. The summed E-state index contributed by atoms with van der Waals surface area (Å²) in [7, 11) is 0. The molecule has 0 aliphatic heterocycles. The van der Waals surface area contributed by atoms with Crippen LogP contribution in [-0.4, -0.2) is 11.1 Å². The zero-order chi connectivity index (χ0) is 13.8. The molecule has 0 aliphatic carbocycles. The van der Waals surface area contributed by atoms with E-state index >= 15 is 0 Å². The molecular weight excluding hydrogens is 244 g/mol. The predicted octanol–water partition coefficient (Wildman–Crippen LogP) is 3.04. The van der Waals surface area contributed by atoms with Gasteiger partial charge < -0.3 is 9.52 Å². The van der Waals surface area contributed by atoms with E-state index in [9.17, 15) is 4.79 Å². The lowest BCUT2D eigenvalue weighted by atomic mass is 10.1. The Kier molecular flexibility index (Phi) is 3.61. The molecule has 96 valence electrons. The minimum Gasteiger partial charge on any atom is -0.481 e. The number of benzene rings is 2. The minimum absolute atomic E-state index is 0.0347. The Morgan fingerprint density at radius 2 is 1.32 bits per heavy atom. The molecule has 3 aromatic rings. The van der Waals surface area contributed by atoms with Gasteiger partial charge in [-0.05, 0) is 24.3 Å². The molecule has 0 fully saturated rings. The fourth-order valence-corrected chi connectivity index (χ4v) is 1.75. The van der Waals surface area contributed by atoms with Crippen LogP contribution < -0.4 is 5.43 Å². The number of rotatable bonds is 0. The SMILES string of the molecule is CC(=O)O.O=c1c2ccccc2oc2ccccc12. The summed E-state index contributed by atoms with van der Waals surface area (Å²) in [5, 5.41) is 8.69. The quantitative estimate of drug-likeness (QED) is 0.628. The van der Waals surface area contributed by atoms with Gasteiger partial charge in [-0.2, -0.15) is 0 Å². The van der Waals surface area contributed by atoms with Gasteiger partial charge in [-0.15, -0.1) is 0 Å². The van der Waals surface area contributed by atoms with Crippen LogP contribution >= 0.6 is 0 Å². The van der Waals surface area contributed by atoms with Gasteiger partial charge in [0.05, 0.1) is 10.8 Å². The molecule has 0 saturated carbocycles. The van der Waals surface area contributed by atoms with Gasteiger partial charge in [0.15, 0.2) is 0 Å². The van der Waals surface area contributed by atoms with Crippen molar-refractivity contribution >= 4 is 27.9 Å². The van der Waals surface area contributed by atoms with E-state index in [1.165, 1.54) is 0 Å². The number of carboxylic acids is 1. The third-order valence-corrected chi connectivity index (χ3v) is 2.48. The first-order valence-corrected chi connectivity index (χ1v) is 5.69. The van der Waals surface area contributed by atoms with Gasteiger partial charge in [0.1, 0.15) is 11.2 Å². The van der Waals surface area contributed by atoms with Crippen LogP contribution in [0.25, 0.3) is 21.9 Å². The number of aliphatic carboxylic acids is 1. The molecule has 0 amide bonds. The molecule has 1 heterocycles. The number of fused-ring (bicyclic) bond motifs is 2. The summed E-state index contributed by atoms with van der Waals surface area (Å²) in [6, 6.07) is 14.6. The molecule has 4 nitrogen and oxygen atoms in total. The molecule has 0 spiro atoms. The van der Waals surface area contributed by atoms with Gasteiger partial charge >= 0.3 is 0 Å². The molecule has 0 atom stereocenters. The number of carboxylic acid groups (broad SMARTS) is 1. The molecule has 2 aromatic carbocycles. The second-order valence-electron chi connectivity index (χ2n) is 3.94. The second kappa shape index (κ2) is 5.35. The van der Waals surface area contributed by atoms with E-state index < -0.39 is 5.97 Å². The summed E-state index contributed by atoms with van der Waals surface area (Å²) in [5.41, 5.74) is 1.31. The summed E-state index contributed by atoms with van der Waals surface area (Å²) in [6.45, 7) is 1.08. The van der Waals surface area contributed by atoms with Crippen LogP contribution in [0.2, 0.25) is 0 Å². The molecule has 19 heavy (non-hydrogen) atoms. The Hall–Kier alpha value is -2.62. The molecule has 0 saturated heterocycles. The van der Waals surface area contributed by atoms with Crippen LogP contribution in [0.3, 0.4) is 0 Å². The minimum atomic E-state index is -0.833. The lowest BCUT2D eigenvalue weighted by Gasteiger charge is -1.99. The largest absolute Gasteiger partial charge is 0.481 e. The van der Waals surface area contributed by atoms with Crippen molar-refractivity contribution in [1.29, 1.82) is 0 Å². The molecule has 3 rings (SSSR count). The van der Waals surface area contributed by atoms with Crippen molar-refractivity contribution in [2.24, 2.45) is 0 Å². The number of hydrogen-bond donors (Lipinski definition) is 1. The number of carbonyl (C=O) groups is 1. The van der Waals surface area contributed by atoms with E-state index in [-0.39, 0.29) is 5.43 Å². The van der Waals surface area contributed by atoms with Crippen LogP contribution in [0, 0.1) is 0 Å². The molecule has 4 heteroatoms. The number of hydrogen-bond acceptors (Lipinski definition) is 3. The van der Waals surface area contributed by atoms with Gasteiger partial charge in [0.25, 0.3) is 5.97 Å². The van der Waals surface area contributed by atoms with Crippen LogP contribution in [0.1, 0.15) is 6.92 Å². The van der Waals surface area contributed by atoms with Crippen molar-refractivity contribution in [1.82, 2.24) is 0 Å². The summed E-state index contributed by atoms with van der Waals surface area (Å²) >= 11 is 0. The molecule has 0 aliphatic rings. The molecule has 0 bridgehead atoms. The standard InChI is InChI=1S/C13H8O2.C2H4O2/c14-13-9-5-1-3-7-11(9)15-12-8-4-2-6-10(12)13;1-2(3)4/h1-8H;1H3,(H,3,4). The fraction of sp³-hybridized carbons (Fsp3) is 0.0667. The number of para-hydroxylation sites is 2. The maximum atomic E-state index is 12.0. The zero-order valence-corrected chi connectivity index (χ0v) is 10.3. The first-order valence-electron chi connectivity index (χ1n) is 5.69. The highest BCUT2D eigenvalue weighted by Gasteiger charge is 2.04. The van der Waals surface area contributed by atoms with Crippen molar-refractivity contribution < 1.29 is 14.3 Å². The van der Waals surface area contributed by atoms with Gasteiger partial charge in [-0.3, -0.25) is 9.59 Å². The Bertz CT molecular complexity index is 726. The van der Waals surface area contributed by atoms with Crippen LogP contribution in [0.5, 0.6) is 0 Å². The molecule has 0 radical (unpaired) electrons. The van der Waals surface area contributed by atoms with Gasteiger partial charge in [0.2, 0.25) is 5.43 Å². The third-order valence-electron chi connectivity index (χ3n) is 2.48. The highest BCUT2D eigenvalue weighted by atomic mass is 16.4. The maximum Gasteiger partial charge on any atom is 0.300 e. The first-order chi connectivity index (χ1) is 9.09. The average molecular weight is 256 g/mol. The molecule has 1 N–H and O–H groups in total. The van der Waals surface area contributed by atoms with E-state index in [2.05, 4.69) is 0 Å². The highest BCUT2D eigenvalue weighted by Crippen LogP contribution is 2.17. The Balaban J connectivity index is 0.000000297. The normalized spacial score (nSPS) is 9.95. The van der Waals surface area contributed by atoms with Crippen molar-refractivity contribution in [3.05, 3.63) is 58.8 Å². The van der Waals surface area contributed by atoms with E-state index in [1.54, 1.807) is 12.1 Å². The van der Waals surface area contributed by atoms with Crippen molar-refractivity contribution in [2.75, 3.05) is 0 Å². The van der Waals surface area contributed by atoms with Crippen LogP contribution in [-0.2, 0) is 4.79 Å². The maximum absolute atomic E-state index is 12.0. The topological polar surface area (TPSA) is 67.5 Å². The Labute approximate surface area is 108 Å². The average Bonchev–Trinajstić information content (AvgIpc) is 2.38. The van der Waals surface area contributed by atoms with E-state index in [1.807, 2.05) is 36.4 Å². The third kappa shape index (κ3) is 2.80. The Morgan fingerprint density at radius 3 is 1.74 bits per heavy atom. The van der Waals surface area contributed by atoms with Gasteiger partial charge in [0, 0.05) is 6.92 Å². The smallest absolute Gasteiger partial charge is 0.300 e. The second-order valence-corrected chi connectivity index (χ2v) is 3.94. The van der Waals surface area contributed by atoms with Crippen LogP contribution in [0.15, 0.2) is 57.7 Å². The lowest BCUT2D eigenvalue weighted by Crippen LogP contribution is -2.01. The summed E-state index contributed by atoms with van der Waals surface area (Å²) in [5.74, 6) is -0.833. The first kappa shape index (κ1) is 12.8. The zero-order valence-electron chi connectivity index (χ0n) is 10.3. The van der Waals surface area contributed by atoms with Crippen molar-refractivity contribution in [3.63, 3.8) is 0 Å². The monoisotopic (exact) mass is 256 g/mol. The molecule has 1 aromatic heterocycles. The lowest BCUT2D eigenvalue weighted by molar-refractivity contribution is -0.134. The van der Waals surface area contributed by atoms with Gasteiger partial charge in [-0.25, -0.2) is 0 Å².